The Hall–Kier alpha value is -5.54. The molecule has 0 saturated heterocycles. The van der Waals surface area contributed by atoms with Gasteiger partial charge in [-0.25, -0.2) is 0 Å². The highest BCUT2D eigenvalue weighted by Gasteiger charge is 2.16. The zero-order valence-electron chi connectivity index (χ0n) is 23.2. The van der Waals surface area contributed by atoms with Gasteiger partial charge < -0.3 is 4.57 Å². The Labute approximate surface area is 244 Å². The molecule has 3 nitrogen and oxygen atoms in total. The second-order valence-corrected chi connectivity index (χ2v) is 10.8. The maximum absolute atomic E-state index is 4.79. The van der Waals surface area contributed by atoms with E-state index in [-0.39, 0.29) is 0 Å². The number of hydrogen-bond donors (Lipinski definition) is 0. The van der Waals surface area contributed by atoms with Gasteiger partial charge >= 0.3 is 0 Å². The van der Waals surface area contributed by atoms with Crippen molar-refractivity contribution in [3.63, 3.8) is 0 Å². The van der Waals surface area contributed by atoms with Crippen LogP contribution in [0.3, 0.4) is 0 Å². The third-order valence-corrected chi connectivity index (χ3v) is 8.17. The van der Waals surface area contributed by atoms with Crippen LogP contribution in [0.4, 0.5) is 0 Å². The van der Waals surface area contributed by atoms with Crippen LogP contribution in [0.2, 0.25) is 0 Å². The van der Waals surface area contributed by atoms with Crippen molar-refractivity contribution < 1.29 is 0 Å². The number of aromatic nitrogens is 3. The zero-order valence-corrected chi connectivity index (χ0v) is 23.2. The molecule has 3 heterocycles. The molecule has 0 amide bonds. The van der Waals surface area contributed by atoms with Crippen molar-refractivity contribution in [3.8, 4) is 39.2 Å². The normalized spacial score (nSPS) is 11.5. The summed E-state index contributed by atoms with van der Waals surface area (Å²) >= 11 is 0. The molecule has 0 unspecified atom stereocenters. The molecule has 0 aliphatic rings. The average Bonchev–Trinajstić information content (AvgIpc) is 3.40. The first-order valence-corrected chi connectivity index (χ1v) is 14.2. The van der Waals surface area contributed by atoms with Crippen LogP contribution < -0.4 is 0 Å². The van der Waals surface area contributed by atoms with Gasteiger partial charge in [-0.15, -0.1) is 0 Å². The minimum absolute atomic E-state index is 0.923. The van der Waals surface area contributed by atoms with E-state index < -0.39 is 0 Å². The number of pyridine rings is 2. The first-order chi connectivity index (χ1) is 20.7. The fourth-order valence-corrected chi connectivity index (χ4v) is 6.03. The Bertz CT molecular complexity index is 2210. The van der Waals surface area contributed by atoms with Gasteiger partial charge in [0.15, 0.2) is 0 Å². The second kappa shape index (κ2) is 9.83. The summed E-state index contributed by atoms with van der Waals surface area (Å²) in [6, 6.07) is 47.7. The van der Waals surface area contributed by atoms with Gasteiger partial charge in [0.25, 0.3) is 0 Å². The van der Waals surface area contributed by atoms with Crippen LogP contribution in [0.25, 0.3) is 71.8 Å². The molecule has 0 aliphatic heterocycles. The quantitative estimate of drug-likeness (QED) is 0.224. The number of fused-ring (bicyclic) bond motifs is 5. The summed E-state index contributed by atoms with van der Waals surface area (Å²) in [4.78, 5) is 9.21. The third kappa shape index (κ3) is 4.06. The van der Waals surface area contributed by atoms with Gasteiger partial charge in [-0.1, -0.05) is 91.0 Å². The lowest BCUT2D eigenvalue weighted by Crippen LogP contribution is -1.94. The predicted molar refractivity (Wildman–Crippen MR) is 175 cm³/mol. The molecule has 0 saturated carbocycles. The molecule has 0 atom stereocenters. The van der Waals surface area contributed by atoms with Gasteiger partial charge in [0, 0.05) is 51.1 Å². The molecule has 0 radical (unpaired) electrons. The molecule has 0 spiro atoms. The summed E-state index contributed by atoms with van der Waals surface area (Å²) in [7, 11) is 0. The number of aryl methyl sites for hydroxylation is 1. The van der Waals surface area contributed by atoms with Gasteiger partial charge in [-0.3, -0.25) is 9.97 Å². The fraction of sp³-hybridized carbons (Fsp3) is 0.0256. The Balaban J connectivity index is 1.32. The Kier molecular flexibility index (Phi) is 5.68. The second-order valence-electron chi connectivity index (χ2n) is 10.8. The molecule has 42 heavy (non-hydrogen) atoms. The van der Waals surface area contributed by atoms with Gasteiger partial charge in [0.1, 0.15) is 0 Å². The predicted octanol–water partition coefficient (Wildman–Crippen LogP) is 10.0. The molecule has 0 bridgehead atoms. The molecule has 0 N–H and O–H groups in total. The number of rotatable bonds is 4. The SMILES string of the molecule is Cc1ccc(-c2ccc(-c3ccc4c5ccc6cc(-c7ccccc7)ccc6c5n(-c5ccccc5)c4c3)cn2)cn1. The Morgan fingerprint density at radius 2 is 1.14 bits per heavy atom. The molecule has 198 valence electrons. The van der Waals surface area contributed by atoms with E-state index in [1.165, 1.54) is 43.7 Å². The van der Waals surface area contributed by atoms with E-state index in [9.17, 15) is 0 Å². The number of hydrogen-bond acceptors (Lipinski definition) is 2. The lowest BCUT2D eigenvalue weighted by Gasteiger charge is -2.11. The summed E-state index contributed by atoms with van der Waals surface area (Å²) in [5.74, 6) is 0. The van der Waals surface area contributed by atoms with Crippen molar-refractivity contribution in [3.05, 3.63) is 152 Å². The van der Waals surface area contributed by atoms with E-state index in [4.69, 9.17) is 4.98 Å². The molecule has 8 rings (SSSR count). The molecule has 5 aromatic carbocycles. The standard InChI is InChI=1S/C39H27N3/c1-26-12-13-32(25-40-26)37-21-17-31(24-41-37)29-15-19-35-36-20-16-30-22-28(27-8-4-2-5-9-27)14-18-34(30)39(36)42(38(35)23-29)33-10-6-3-7-11-33/h2-25H,1H3. The topological polar surface area (TPSA) is 30.7 Å². The minimum atomic E-state index is 0.923. The smallest absolute Gasteiger partial charge is 0.0717 e. The van der Waals surface area contributed by atoms with Crippen molar-refractivity contribution in [2.24, 2.45) is 0 Å². The minimum Gasteiger partial charge on any atom is -0.309 e. The fourth-order valence-electron chi connectivity index (χ4n) is 6.03. The maximum atomic E-state index is 4.79. The van der Waals surface area contributed by atoms with Crippen molar-refractivity contribution >= 4 is 32.6 Å². The molecule has 3 heteroatoms. The highest BCUT2D eigenvalue weighted by atomic mass is 15.0. The molecule has 0 fully saturated rings. The van der Waals surface area contributed by atoms with E-state index in [2.05, 4.69) is 137 Å². The molecule has 3 aromatic heterocycles. The van der Waals surface area contributed by atoms with Crippen LogP contribution in [0.5, 0.6) is 0 Å². The number of para-hydroxylation sites is 1. The van der Waals surface area contributed by atoms with Crippen LogP contribution >= 0.6 is 0 Å². The average molecular weight is 538 g/mol. The maximum Gasteiger partial charge on any atom is 0.0717 e. The van der Waals surface area contributed by atoms with Crippen LogP contribution in [-0.2, 0) is 0 Å². The highest BCUT2D eigenvalue weighted by molar-refractivity contribution is 6.19. The molecular weight excluding hydrogens is 510 g/mol. The van der Waals surface area contributed by atoms with Crippen molar-refractivity contribution in [2.75, 3.05) is 0 Å². The van der Waals surface area contributed by atoms with Gasteiger partial charge in [0.2, 0.25) is 0 Å². The van der Waals surface area contributed by atoms with E-state index in [1.54, 1.807) is 0 Å². The van der Waals surface area contributed by atoms with E-state index in [0.29, 0.717) is 0 Å². The van der Waals surface area contributed by atoms with Crippen LogP contribution in [0.15, 0.2) is 146 Å². The Morgan fingerprint density at radius 1 is 0.476 bits per heavy atom. The summed E-state index contributed by atoms with van der Waals surface area (Å²) in [5, 5.41) is 4.96. The van der Waals surface area contributed by atoms with Crippen molar-refractivity contribution in [1.29, 1.82) is 0 Å². The lowest BCUT2D eigenvalue weighted by molar-refractivity contribution is 1.19. The van der Waals surface area contributed by atoms with Crippen LogP contribution in [0, 0.1) is 6.92 Å². The molecule has 0 aliphatic carbocycles. The lowest BCUT2D eigenvalue weighted by atomic mass is 9.99. The first kappa shape index (κ1) is 24.3. The summed E-state index contributed by atoms with van der Waals surface area (Å²) in [6.07, 6.45) is 3.85. The summed E-state index contributed by atoms with van der Waals surface area (Å²) < 4.78 is 2.42. The van der Waals surface area contributed by atoms with E-state index in [1.807, 2.05) is 25.4 Å². The highest BCUT2D eigenvalue weighted by Crippen LogP contribution is 2.39. The van der Waals surface area contributed by atoms with Gasteiger partial charge in [0.05, 0.1) is 16.7 Å². The zero-order chi connectivity index (χ0) is 28.0. The first-order valence-electron chi connectivity index (χ1n) is 14.2. The summed E-state index contributed by atoms with van der Waals surface area (Å²) in [6.45, 7) is 2.00. The molecular formula is C39H27N3. The van der Waals surface area contributed by atoms with Gasteiger partial charge in [-0.2, -0.15) is 0 Å². The Morgan fingerprint density at radius 3 is 1.88 bits per heavy atom. The van der Waals surface area contributed by atoms with E-state index in [0.717, 1.165) is 33.8 Å². The van der Waals surface area contributed by atoms with Crippen LogP contribution in [0.1, 0.15) is 5.69 Å². The monoisotopic (exact) mass is 537 g/mol. The van der Waals surface area contributed by atoms with E-state index >= 15 is 0 Å². The van der Waals surface area contributed by atoms with Crippen molar-refractivity contribution in [2.45, 2.75) is 6.92 Å². The number of nitrogens with zero attached hydrogens (tertiary/aromatic N) is 3. The third-order valence-electron chi connectivity index (χ3n) is 8.17. The summed E-state index contributed by atoms with van der Waals surface area (Å²) in [5.41, 5.74) is 11.2. The van der Waals surface area contributed by atoms with Gasteiger partial charge in [-0.05, 0) is 71.5 Å². The number of benzene rings is 5. The van der Waals surface area contributed by atoms with Crippen molar-refractivity contribution in [1.82, 2.24) is 14.5 Å². The largest absolute Gasteiger partial charge is 0.309 e. The molecule has 8 aromatic rings. The van der Waals surface area contributed by atoms with Crippen LogP contribution in [-0.4, -0.2) is 14.5 Å².